The van der Waals surface area contributed by atoms with E-state index in [1.54, 1.807) is 18.2 Å². The smallest absolute Gasteiger partial charge is 0.123 e. The maximum atomic E-state index is 10.7. The summed E-state index contributed by atoms with van der Waals surface area (Å²) in [4.78, 5) is 0. The van der Waals surface area contributed by atoms with Gasteiger partial charge >= 0.3 is 0 Å². The van der Waals surface area contributed by atoms with Crippen LogP contribution in [0.3, 0.4) is 0 Å². The van der Waals surface area contributed by atoms with Gasteiger partial charge in [0, 0.05) is 17.5 Å². The number of hydrogen-bond donors (Lipinski definition) is 3. The van der Waals surface area contributed by atoms with E-state index >= 15 is 0 Å². The summed E-state index contributed by atoms with van der Waals surface area (Å²) in [6.45, 7) is 8.31. The van der Waals surface area contributed by atoms with Crippen molar-refractivity contribution in [3.8, 4) is 17.2 Å². The standard InChI is InChI=1S/C24H26O3/c1-15(2)21-11-4-16(3)12-22(21)24-18(13-20(26)14-23(24)27)8-5-17-6-9-19(25)10-7-17/h5-10,12-14,21-22,25-27H,1,4,11H2,2-3H3/b8-5+/t21-,22+/m1/s1. The van der Waals surface area contributed by atoms with Crippen LogP contribution in [0.1, 0.15) is 49.3 Å². The molecule has 0 amide bonds. The molecule has 0 unspecified atom stereocenters. The van der Waals surface area contributed by atoms with Gasteiger partial charge in [0.15, 0.2) is 0 Å². The Labute approximate surface area is 160 Å². The molecule has 0 heterocycles. The average molecular weight is 362 g/mol. The van der Waals surface area contributed by atoms with Crippen LogP contribution in [0.15, 0.2) is 60.2 Å². The molecule has 3 heteroatoms. The van der Waals surface area contributed by atoms with Crippen molar-refractivity contribution >= 4 is 12.2 Å². The number of allylic oxidation sites excluding steroid dienone is 3. The highest BCUT2D eigenvalue weighted by atomic mass is 16.3. The molecule has 0 bridgehead atoms. The summed E-state index contributed by atoms with van der Waals surface area (Å²) >= 11 is 0. The van der Waals surface area contributed by atoms with Crippen molar-refractivity contribution in [3.05, 3.63) is 76.9 Å². The molecule has 0 radical (unpaired) electrons. The fourth-order valence-corrected chi connectivity index (χ4v) is 3.82. The molecule has 0 saturated carbocycles. The van der Waals surface area contributed by atoms with Crippen molar-refractivity contribution in [2.24, 2.45) is 5.92 Å². The Hall–Kier alpha value is -2.94. The molecule has 2 aromatic rings. The van der Waals surface area contributed by atoms with Crippen LogP contribution in [0.5, 0.6) is 17.2 Å². The SMILES string of the molecule is C=C(C)[C@H]1CCC(C)=C[C@@H]1c1c(O)cc(O)cc1/C=C/c1ccc(O)cc1. The summed E-state index contributed by atoms with van der Waals surface area (Å²) in [6.07, 6.45) is 8.06. The van der Waals surface area contributed by atoms with E-state index in [4.69, 9.17) is 0 Å². The number of benzene rings is 2. The predicted octanol–water partition coefficient (Wildman–Crippen LogP) is 5.99. The molecule has 3 rings (SSSR count). The third-order valence-corrected chi connectivity index (χ3v) is 5.24. The van der Waals surface area contributed by atoms with Gasteiger partial charge in [-0.3, -0.25) is 0 Å². The van der Waals surface area contributed by atoms with Crippen molar-refractivity contribution in [2.75, 3.05) is 0 Å². The molecule has 3 N–H and O–H groups in total. The van der Waals surface area contributed by atoms with E-state index in [9.17, 15) is 15.3 Å². The van der Waals surface area contributed by atoms with Crippen LogP contribution < -0.4 is 0 Å². The minimum Gasteiger partial charge on any atom is -0.508 e. The lowest BCUT2D eigenvalue weighted by atomic mass is 9.73. The second kappa shape index (κ2) is 7.75. The van der Waals surface area contributed by atoms with Gasteiger partial charge in [0.1, 0.15) is 17.2 Å². The molecule has 0 aromatic heterocycles. The maximum absolute atomic E-state index is 10.7. The van der Waals surface area contributed by atoms with E-state index in [1.807, 2.05) is 31.2 Å². The lowest BCUT2D eigenvalue weighted by Crippen LogP contribution is -2.17. The van der Waals surface area contributed by atoms with Crippen molar-refractivity contribution in [1.82, 2.24) is 0 Å². The Balaban J connectivity index is 2.08. The zero-order chi connectivity index (χ0) is 19.6. The van der Waals surface area contributed by atoms with E-state index in [0.717, 1.165) is 35.1 Å². The molecule has 0 aliphatic heterocycles. The second-order valence-corrected chi connectivity index (χ2v) is 7.42. The molecular formula is C24H26O3. The third-order valence-electron chi connectivity index (χ3n) is 5.24. The molecule has 3 nitrogen and oxygen atoms in total. The number of phenols is 3. The summed E-state index contributed by atoms with van der Waals surface area (Å²) in [5.74, 6) is 0.629. The van der Waals surface area contributed by atoms with E-state index in [-0.39, 0.29) is 29.1 Å². The van der Waals surface area contributed by atoms with Gasteiger partial charge in [0.05, 0.1) is 0 Å². The summed E-state index contributed by atoms with van der Waals surface area (Å²) < 4.78 is 0. The fourth-order valence-electron chi connectivity index (χ4n) is 3.82. The van der Waals surface area contributed by atoms with Crippen molar-refractivity contribution in [1.29, 1.82) is 0 Å². The Morgan fingerprint density at radius 1 is 1.04 bits per heavy atom. The van der Waals surface area contributed by atoms with Gasteiger partial charge in [0.25, 0.3) is 0 Å². The highest BCUT2D eigenvalue weighted by molar-refractivity contribution is 5.74. The molecule has 0 spiro atoms. The van der Waals surface area contributed by atoms with Crippen LogP contribution in [-0.2, 0) is 0 Å². The van der Waals surface area contributed by atoms with Crippen LogP contribution in [0, 0.1) is 5.92 Å². The molecule has 2 aromatic carbocycles. The minimum atomic E-state index is 0.0244. The molecule has 27 heavy (non-hydrogen) atoms. The van der Waals surface area contributed by atoms with Crippen molar-refractivity contribution < 1.29 is 15.3 Å². The van der Waals surface area contributed by atoms with Crippen LogP contribution in [-0.4, -0.2) is 15.3 Å². The molecule has 0 saturated heterocycles. The summed E-state index contributed by atoms with van der Waals surface area (Å²) in [6, 6.07) is 9.97. The van der Waals surface area contributed by atoms with E-state index in [0.29, 0.717) is 0 Å². The molecule has 2 atom stereocenters. The number of rotatable bonds is 4. The normalized spacial score (nSPS) is 19.9. The highest BCUT2D eigenvalue weighted by Crippen LogP contribution is 2.45. The molecule has 0 fully saturated rings. The average Bonchev–Trinajstić information content (AvgIpc) is 2.60. The minimum absolute atomic E-state index is 0.0244. The zero-order valence-corrected chi connectivity index (χ0v) is 15.8. The first-order valence-corrected chi connectivity index (χ1v) is 9.21. The van der Waals surface area contributed by atoms with Crippen LogP contribution >= 0.6 is 0 Å². The second-order valence-electron chi connectivity index (χ2n) is 7.42. The van der Waals surface area contributed by atoms with E-state index < -0.39 is 0 Å². The van der Waals surface area contributed by atoms with Crippen LogP contribution in [0.2, 0.25) is 0 Å². The van der Waals surface area contributed by atoms with Gasteiger partial charge in [-0.05, 0) is 61.9 Å². The first-order valence-electron chi connectivity index (χ1n) is 9.21. The zero-order valence-electron chi connectivity index (χ0n) is 15.8. The van der Waals surface area contributed by atoms with Gasteiger partial charge in [-0.1, -0.05) is 48.1 Å². The number of phenolic OH excluding ortho intramolecular Hbond substituents is 3. The van der Waals surface area contributed by atoms with Gasteiger partial charge in [-0.2, -0.15) is 0 Å². The summed E-state index contributed by atoms with van der Waals surface area (Å²) in [5, 5.41) is 30.1. The van der Waals surface area contributed by atoms with Gasteiger partial charge < -0.3 is 15.3 Å². The summed E-state index contributed by atoms with van der Waals surface area (Å²) in [5.41, 5.74) is 4.93. The summed E-state index contributed by atoms with van der Waals surface area (Å²) in [7, 11) is 0. The lowest BCUT2D eigenvalue weighted by Gasteiger charge is -2.32. The van der Waals surface area contributed by atoms with E-state index in [2.05, 4.69) is 19.6 Å². The van der Waals surface area contributed by atoms with Gasteiger partial charge in [-0.25, -0.2) is 0 Å². The van der Waals surface area contributed by atoms with Gasteiger partial charge in [0.2, 0.25) is 0 Å². The number of aromatic hydroxyl groups is 3. The number of hydrogen-bond acceptors (Lipinski definition) is 3. The maximum Gasteiger partial charge on any atom is 0.123 e. The highest BCUT2D eigenvalue weighted by Gasteiger charge is 2.29. The largest absolute Gasteiger partial charge is 0.508 e. The quantitative estimate of drug-likeness (QED) is 0.462. The first-order chi connectivity index (χ1) is 12.8. The fraction of sp³-hybridized carbons (Fsp3) is 0.250. The Bertz CT molecular complexity index is 904. The van der Waals surface area contributed by atoms with Gasteiger partial charge in [-0.15, -0.1) is 0 Å². The topological polar surface area (TPSA) is 60.7 Å². The Kier molecular flexibility index (Phi) is 5.41. The Morgan fingerprint density at radius 3 is 2.41 bits per heavy atom. The van der Waals surface area contributed by atoms with Crippen molar-refractivity contribution in [3.63, 3.8) is 0 Å². The molecule has 1 aliphatic rings. The third kappa shape index (κ3) is 4.25. The van der Waals surface area contributed by atoms with E-state index in [1.165, 1.54) is 11.6 Å². The first kappa shape index (κ1) is 18.8. The Morgan fingerprint density at radius 2 is 1.74 bits per heavy atom. The monoisotopic (exact) mass is 362 g/mol. The molecule has 140 valence electrons. The molecular weight excluding hydrogens is 336 g/mol. The molecule has 1 aliphatic carbocycles. The van der Waals surface area contributed by atoms with Crippen LogP contribution in [0.25, 0.3) is 12.2 Å². The lowest BCUT2D eigenvalue weighted by molar-refractivity contribution is 0.426. The van der Waals surface area contributed by atoms with Crippen LogP contribution in [0.4, 0.5) is 0 Å². The predicted molar refractivity (Wildman–Crippen MR) is 111 cm³/mol. The van der Waals surface area contributed by atoms with Crippen molar-refractivity contribution in [2.45, 2.75) is 32.6 Å².